The third-order valence-corrected chi connectivity index (χ3v) is 2.58. The first kappa shape index (κ1) is 14.5. The van der Waals surface area contributed by atoms with Gasteiger partial charge in [-0.05, 0) is 32.9 Å². The first-order valence-corrected chi connectivity index (χ1v) is 6.22. The molecular formula is C14H21NO3. The van der Waals surface area contributed by atoms with E-state index in [0.29, 0.717) is 25.3 Å². The molecule has 0 bridgehead atoms. The highest BCUT2D eigenvalue weighted by molar-refractivity contribution is 5.75. The summed E-state index contributed by atoms with van der Waals surface area (Å²) in [5.74, 6) is 0.614. The molecule has 0 unspecified atom stereocenters. The summed E-state index contributed by atoms with van der Waals surface area (Å²) < 4.78 is 5.55. The predicted molar refractivity (Wildman–Crippen MR) is 70.6 cm³/mol. The molecule has 1 atom stereocenters. The molecule has 4 heteroatoms. The van der Waals surface area contributed by atoms with Gasteiger partial charge < -0.3 is 15.2 Å². The van der Waals surface area contributed by atoms with Crippen molar-refractivity contribution < 1.29 is 14.6 Å². The van der Waals surface area contributed by atoms with Crippen LogP contribution in [-0.4, -0.2) is 24.2 Å². The number of carbonyl (C=O) groups excluding carboxylic acids is 1. The minimum absolute atomic E-state index is 0.0248. The summed E-state index contributed by atoms with van der Waals surface area (Å²) in [5.41, 5.74) is 1.83. The van der Waals surface area contributed by atoms with Gasteiger partial charge in [0.25, 0.3) is 0 Å². The molecule has 0 fully saturated rings. The second kappa shape index (κ2) is 7.01. The second-order valence-corrected chi connectivity index (χ2v) is 4.27. The third kappa shape index (κ3) is 4.37. The Labute approximate surface area is 108 Å². The number of aliphatic hydroxyl groups is 1. The predicted octanol–water partition coefficient (Wildman–Crippen LogP) is 1.95. The van der Waals surface area contributed by atoms with Gasteiger partial charge in [-0.1, -0.05) is 11.6 Å². The fourth-order valence-corrected chi connectivity index (χ4v) is 1.67. The number of carbonyl (C=O) groups is 1. The average Bonchev–Trinajstić information content (AvgIpc) is 2.31. The Morgan fingerprint density at radius 1 is 1.50 bits per heavy atom. The highest BCUT2D eigenvalue weighted by Gasteiger charge is 2.10. The second-order valence-electron chi connectivity index (χ2n) is 4.27. The van der Waals surface area contributed by atoms with Crippen molar-refractivity contribution in [3.8, 4) is 5.75 Å². The van der Waals surface area contributed by atoms with E-state index in [4.69, 9.17) is 4.74 Å². The van der Waals surface area contributed by atoms with Crippen molar-refractivity contribution in [1.82, 2.24) is 5.32 Å². The number of hydrogen-bond donors (Lipinski definition) is 2. The van der Waals surface area contributed by atoms with E-state index in [9.17, 15) is 9.90 Å². The number of benzene rings is 1. The molecule has 100 valence electrons. The van der Waals surface area contributed by atoms with Gasteiger partial charge in [0, 0.05) is 12.1 Å². The molecular weight excluding hydrogens is 230 g/mol. The van der Waals surface area contributed by atoms with Gasteiger partial charge in [0.2, 0.25) is 5.91 Å². The van der Waals surface area contributed by atoms with Crippen LogP contribution in [0.5, 0.6) is 5.75 Å². The minimum Gasteiger partial charge on any atom is -0.493 e. The maximum absolute atomic E-state index is 11.3. The van der Waals surface area contributed by atoms with Crippen LogP contribution in [0, 0.1) is 6.92 Å². The van der Waals surface area contributed by atoms with Crippen LogP contribution < -0.4 is 10.1 Å². The molecule has 0 aliphatic carbocycles. The van der Waals surface area contributed by atoms with E-state index in [-0.39, 0.29) is 5.91 Å². The fraction of sp³-hybridized carbons (Fsp3) is 0.500. The van der Waals surface area contributed by atoms with Crippen molar-refractivity contribution in [2.24, 2.45) is 0 Å². The van der Waals surface area contributed by atoms with E-state index in [1.54, 1.807) is 6.92 Å². The molecule has 0 saturated heterocycles. The maximum Gasteiger partial charge on any atom is 0.223 e. The average molecular weight is 251 g/mol. The largest absolute Gasteiger partial charge is 0.493 e. The normalized spacial score (nSPS) is 12.0. The van der Waals surface area contributed by atoms with Crippen molar-refractivity contribution in [3.63, 3.8) is 0 Å². The monoisotopic (exact) mass is 251 g/mol. The molecule has 2 N–H and O–H groups in total. The highest BCUT2D eigenvalue weighted by Crippen LogP contribution is 2.26. The van der Waals surface area contributed by atoms with E-state index in [0.717, 1.165) is 11.1 Å². The number of aryl methyl sites for hydroxylation is 1. The Hall–Kier alpha value is -1.55. The summed E-state index contributed by atoms with van der Waals surface area (Å²) >= 11 is 0. The molecule has 1 amide bonds. The highest BCUT2D eigenvalue weighted by atomic mass is 16.5. The van der Waals surface area contributed by atoms with Gasteiger partial charge >= 0.3 is 0 Å². The number of hydrogen-bond acceptors (Lipinski definition) is 3. The van der Waals surface area contributed by atoms with Crippen LogP contribution in [0.15, 0.2) is 18.2 Å². The van der Waals surface area contributed by atoms with E-state index in [1.807, 2.05) is 32.0 Å². The van der Waals surface area contributed by atoms with Gasteiger partial charge in [0.1, 0.15) is 5.75 Å². The summed E-state index contributed by atoms with van der Waals surface area (Å²) in [6, 6.07) is 5.65. The standard InChI is InChI=1S/C14H21NO3/c1-4-15-14(17)7-8-18-13-6-5-10(2)9-12(13)11(3)16/h5-6,9,11,16H,4,7-8H2,1-3H3,(H,15,17)/t11-/m0/s1. The third-order valence-electron chi connectivity index (χ3n) is 2.58. The SMILES string of the molecule is CCNC(=O)CCOc1ccc(C)cc1[C@H](C)O. The van der Waals surface area contributed by atoms with E-state index >= 15 is 0 Å². The number of nitrogens with one attached hydrogen (secondary N) is 1. The van der Waals surface area contributed by atoms with Crippen LogP contribution in [0.2, 0.25) is 0 Å². The van der Waals surface area contributed by atoms with E-state index in [2.05, 4.69) is 5.32 Å². The van der Waals surface area contributed by atoms with Gasteiger partial charge in [-0.25, -0.2) is 0 Å². The Balaban J connectivity index is 2.59. The van der Waals surface area contributed by atoms with Gasteiger partial charge in [-0.2, -0.15) is 0 Å². The quantitative estimate of drug-likeness (QED) is 0.812. The maximum atomic E-state index is 11.3. The molecule has 0 aliphatic rings. The van der Waals surface area contributed by atoms with E-state index in [1.165, 1.54) is 0 Å². The molecule has 1 aromatic rings. The summed E-state index contributed by atoms with van der Waals surface area (Å²) in [5, 5.41) is 12.4. The Kier molecular flexibility index (Phi) is 5.65. The zero-order chi connectivity index (χ0) is 13.5. The van der Waals surface area contributed by atoms with Gasteiger partial charge in [0.15, 0.2) is 0 Å². The topological polar surface area (TPSA) is 58.6 Å². The molecule has 0 aliphatic heterocycles. The molecule has 18 heavy (non-hydrogen) atoms. The molecule has 0 radical (unpaired) electrons. The lowest BCUT2D eigenvalue weighted by molar-refractivity contribution is -0.121. The number of aliphatic hydroxyl groups excluding tert-OH is 1. The van der Waals surface area contributed by atoms with Crippen molar-refractivity contribution in [1.29, 1.82) is 0 Å². The lowest BCUT2D eigenvalue weighted by Crippen LogP contribution is -2.24. The van der Waals surface area contributed by atoms with Gasteiger partial charge in [-0.15, -0.1) is 0 Å². The van der Waals surface area contributed by atoms with Gasteiger partial charge in [-0.3, -0.25) is 4.79 Å². The summed E-state index contributed by atoms with van der Waals surface area (Å²) in [6.45, 7) is 6.48. The van der Waals surface area contributed by atoms with Crippen LogP contribution in [0.1, 0.15) is 37.5 Å². The molecule has 0 saturated carbocycles. The summed E-state index contributed by atoms with van der Waals surface area (Å²) in [6.07, 6.45) is -0.259. The Morgan fingerprint density at radius 2 is 2.22 bits per heavy atom. The molecule has 1 aromatic carbocycles. The molecule has 0 aromatic heterocycles. The number of rotatable bonds is 6. The number of ether oxygens (including phenoxy) is 1. The molecule has 0 spiro atoms. The Morgan fingerprint density at radius 3 is 2.83 bits per heavy atom. The van der Waals surface area contributed by atoms with Crippen LogP contribution in [-0.2, 0) is 4.79 Å². The van der Waals surface area contributed by atoms with Gasteiger partial charge in [0.05, 0.1) is 19.1 Å². The fourth-order valence-electron chi connectivity index (χ4n) is 1.67. The molecule has 4 nitrogen and oxygen atoms in total. The zero-order valence-corrected chi connectivity index (χ0v) is 11.2. The molecule has 0 heterocycles. The smallest absolute Gasteiger partial charge is 0.223 e. The molecule has 1 rings (SSSR count). The van der Waals surface area contributed by atoms with Crippen LogP contribution in [0.25, 0.3) is 0 Å². The first-order valence-electron chi connectivity index (χ1n) is 6.22. The Bertz CT molecular complexity index is 402. The van der Waals surface area contributed by atoms with Crippen molar-refractivity contribution in [3.05, 3.63) is 29.3 Å². The van der Waals surface area contributed by atoms with Crippen molar-refractivity contribution in [2.75, 3.05) is 13.2 Å². The van der Waals surface area contributed by atoms with Crippen LogP contribution in [0.3, 0.4) is 0 Å². The zero-order valence-electron chi connectivity index (χ0n) is 11.2. The minimum atomic E-state index is -0.579. The van der Waals surface area contributed by atoms with Crippen LogP contribution in [0.4, 0.5) is 0 Å². The van der Waals surface area contributed by atoms with Crippen molar-refractivity contribution in [2.45, 2.75) is 33.3 Å². The lowest BCUT2D eigenvalue weighted by atomic mass is 10.1. The van der Waals surface area contributed by atoms with Crippen molar-refractivity contribution >= 4 is 5.91 Å². The first-order chi connectivity index (χ1) is 8.54. The lowest BCUT2D eigenvalue weighted by Gasteiger charge is -2.14. The summed E-state index contributed by atoms with van der Waals surface area (Å²) in [7, 11) is 0. The summed E-state index contributed by atoms with van der Waals surface area (Å²) in [4.78, 5) is 11.3. The van der Waals surface area contributed by atoms with Crippen LogP contribution >= 0.6 is 0 Å². The number of amides is 1. The van der Waals surface area contributed by atoms with E-state index < -0.39 is 6.10 Å².